The zero-order valence-electron chi connectivity index (χ0n) is 15.9. The van der Waals surface area contributed by atoms with Gasteiger partial charge in [0.2, 0.25) is 5.91 Å². The van der Waals surface area contributed by atoms with Gasteiger partial charge in [-0.2, -0.15) is 5.10 Å². The highest BCUT2D eigenvalue weighted by atomic mass is 16.2. The molecule has 1 saturated heterocycles. The van der Waals surface area contributed by atoms with E-state index in [4.69, 9.17) is 10.1 Å². The Kier molecular flexibility index (Phi) is 3.74. The lowest BCUT2D eigenvalue weighted by atomic mass is 9.98. The average molecular weight is 367 g/mol. The lowest BCUT2D eigenvalue weighted by molar-refractivity contribution is -0.131. The summed E-state index contributed by atoms with van der Waals surface area (Å²) in [5.74, 6) is 1.07. The van der Waals surface area contributed by atoms with Crippen molar-refractivity contribution in [1.82, 2.24) is 25.0 Å². The third-order valence-corrected chi connectivity index (χ3v) is 6.12. The second-order valence-corrected chi connectivity index (χ2v) is 8.20. The third kappa shape index (κ3) is 2.80. The number of hydrogen-bond donors (Lipinski definition) is 1. The predicted octanol–water partition coefficient (Wildman–Crippen LogP) is 1.93. The molecule has 27 heavy (non-hydrogen) atoms. The molecule has 1 unspecified atom stereocenters. The highest BCUT2D eigenvalue weighted by Gasteiger charge is 2.38. The zero-order chi connectivity index (χ0) is 18.7. The van der Waals surface area contributed by atoms with Crippen molar-refractivity contribution in [2.24, 2.45) is 13.0 Å². The number of rotatable bonds is 4. The SMILES string of the molecule is CNC(=O)c1cc(C2CC2)nc2c1c(C1CCN(C(=O)C3CC3)C1)nn2C. The van der Waals surface area contributed by atoms with E-state index in [1.807, 2.05) is 18.0 Å². The Bertz CT molecular complexity index is 941. The molecule has 0 radical (unpaired) electrons. The fraction of sp³-hybridized carbons (Fsp3) is 0.600. The molecule has 0 spiro atoms. The van der Waals surface area contributed by atoms with Crippen LogP contribution in [-0.4, -0.2) is 51.6 Å². The molecule has 3 aliphatic rings. The van der Waals surface area contributed by atoms with Crippen LogP contribution in [0.1, 0.15) is 65.7 Å². The maximum atomic E-state index is 12.6. The summed E-state index contributed by atoms with van der Waals surface area (Å²) in [7, 11) is 3.55. The number of carbonyl (C=O) groups is 2. The summed E-state index contributed by atoms with van der Waals surface area (Å²) >= 11 is 0. The van der Waals surface area contributed by atoms with E-state index in [1.165, 1.54) is 0 Å². The van der Waals surface area contributed by atoms with Crippen molar-refractivity contribution in [1.29, 1.82) is 0 Å². The second kappa shape index (κ2) is 6.04. The standard InChI is InChI=1S/C20H25N5O2/c1-21-19(26)14-9-15(11-3-4-11)22-18-16(14)17(23-24(18)2)13-7-8-25(10-13)20(27)12-5-6-12/h9,11-13H,3-8,10H2,1-2H3,(H,21,26). The number of likely N-dealkylation sites (tertiary alicyclic amines) is 1. The van der Waals surface area contributed by atoms with E-state index in [0.29, 0.717) is 23.9 Å². The zero-order valence-corrected chi connectivity index (χ0v) is 15.9. The Hall–Kier alpha value is -2.44. The molecule has 7 heteroatoms. The smallest absolute Gasteiger partial charge is 0.251 e. The molecule has 3 heterocycles. The molecule has 7 nitrogen and oxygen atoms in total. The molecule has 2 amide bonds. The van der Waals surface area contributed by atoms with Crippen molar-refractivity contribution in [3.05, 3.63) is 23.0 Å². The van der Waals surface area contributed by atoms with Crippen LogP contribution in [0.3, 0.4) is 0 Å². The molecular formula is C20H25N5O2. The summed E-state index contributed by atoms with van der Waals surface area (Å²) in [5.41, 5.74) is 3.35. The Morgan fingerprint density at radius 3 is 2.59 bits per heavy atom. The number of pyridine rings is 1. The molecule has 5 rings (SSSR count). The first kappa shape index (κ1) is 16.7. The molecule has 1 atom stereocenters. The summed E-state index contributed by atoms with van der Waals surface area (Å²) in [5, 5.41) is 8.38. The average Bonchev–Trinajstić information content (AvgIpc) is 3.61. The van der Waals surface area contributed by atoms with E-state index in [1.54, 1.807) is 11.7 Å². The molecule has 3 fully saturated rings. The normalized spacial score (nSPS) is 22.4. The van der Waals surface area contributed by atoms with Crippen LogP contribution in [0.2, 0.25) is 0 Å². The first-order chi connectivity index (χ1) is 13.1. The number of amides is 2. The molecule has 0 bridgehead atoms. The van der Waals surface area contributed by atoms with Crippen molar-refractivity contribution in [3.63, 3.8) is 0 Å². The maximum absolute atomic E-state index is 12.6. The van der Waals surface area contributed by atoms with Gasteiger partial charge in [-0.15, -0.1) is 0 Å². The van der Waals surface area contributed by atoms with Crippen LogP contribution in [0.25, 0.3) is 11.0 Å². The van der Waals surface area contributed by atoms with E-state index in [-0.39, 0.29) is 17.7 Å². The molecular weight excluding hydrogens is 342 g/mol. The van der Waals surface area contributed by atoms with E-state index in [2.05, 4.69) is 5.32 Å². The van der Waals surface area contributed by atoms with Gasteiger partial charge in [-0.1, -0.05) is 0 Å². The highest BCUT2D eigenvalue weighted by Crippen LogP contribution is 2.42. The second-order valence-electron chi connectivity index (χ2n) is 8.20. The Balaban J connectivity index is 1.56. The van der Waals surface area contributed by atoms with Crippen LogP contribution in [0.15, 0.2) is 6.07 Å². The van der Waals surface area contributed by atoms with Crippen LogP contribution in [0.5, 0.6) is 0 Å². The summed E-state index contributed by atoms with van der Waals surface area (Å²) in [6.07, 6.45) is 5.22. The van der Waals surface area contributed by atoms with Gasteiger partial charge >= 0.3 is 0 Å². The summed E-state index contributed by atoms with van der Waals surface area (Å²) < 4.78 is 1.80. The van der Waals surface area contributed by atoms with Gasteiger partial charge in [0.1, 0.15) is 0 Å². The molecule has 2 aromatic rings. The third-order valence-electron chi connectivity index (χ3n) is 6.12. The van der Waals surface area contributed by atoms with Gasteiger partial charge in [0.25, 0.3) is 5.91 Å². The van der Waals surface area contributed by atoms with Gasteiger partial charge in [-0.3, -0.25) is 14.3 Å². The van der Waals surface area contributed by atoms with Crippen LogP contribution in [-0.2, 0) is 11.8 Å². The Morgan fingerprint density at radius 1 is 1.15 bits per heavy atom. The monoisotopic (exact) mass is 367 g/mol. The number of fused-ring (bicyclic) bond motifs is 1. The first-order valence-electron chi connectivity index (χ1n) is 9.95. The number of aryl methyl sites for hydroxylation is 1. The van der Waals surface area contributed by atoms with Gasteiger partial charge in [-0.05, 0) is 38.2 Å². The van der Waals surface area contributed by atoms with Crippen molar-refractivity contribution in [2.45, 2.75) is 43.9 Å². The van der Waals surface area contributed by atoms with E-state index in [9.17, 15) is 9.59 Å². The van der Waals surface area contributed by atoms with Crippen LogP contribution < -0.4 is 5.32 Å². The molecule has 2 aromatic heterocycles. The van der Waals surface area contributed by atoms with Crippen molar-refractivity contribution >= 4 is 22.8 Å². The van der Waals surface area contributed by atoms with Crippen LogP contribution in [0.4, 0.5) is 0 Å². The predicted molar refractivity (Wildman–Crippen MR) is 101 cm³/mol. The number of aromatic nitrogens is 3. The molecule has 1 aliphatic heterocycles. The van der Waals surface area contributed by atoms with Gasteiger partial charge in [-0.25, -0.2) is 4.98 Å². The first-order valence-corrected chi connectivity index (χ1v) is 9.95. The van der Waals surface area contributed by atoms with Crippen molar-refractivity contribution in [2.75, 3.05) is 20.1 Å². The van der Waals surface area contributed by atoms with Crippen molar-refractivity contribution < 1.29 is 9.59 Å². The Morgan fingerprint density at radius 2 is 1.93 bits per heavy atom. The van der Waals surface area contributed by atoms with Crippen LogP contribution in [0, 0.1) is 5.92 Å². The van der Waals surface area contributed by atoms with E-state index < -0.39 is 0 Å². The number of nitrogens with one attached hydrogen (secondary N) is 1. The molecule has 2 aliphatic carbocycles. The minimum absolute atomic E-state index is 0.0949. The number of nitrogens with zero attached hydrogens (tertiary/aromatic N) is 4. The maximum Gasteiger partial charge on any atom is 0.251 e. The van der Waals surface area contributed by atoms with E-state index in [0.717, 1.165) is 61.1 Å². The van der Waals surface area contributed by atoms with Crippen LogP contribution >= 0.6 is 0 Å². The summed E-state index contributed by atoms with van der Waals surface area (Å²) in [6.45, 7) is 1.47. The Labute approximate surface area is 158 Å². The van der Waals surface area contributed by atoms with Gasteiger partial charge < -0.3 is 10.2 Å². The van der Waals surface area contributed by atoms with E-state index >= 15 is 0 Å². The topological polar surface area (TPSA) is 80.1 Å². The highest BCUT2D eigenvalue weighted by molar-refractivity contribution is 6.06. The minimum Gasteiger partial charge on any atom is -0.355 e. The number of hydrogen-bond acceptors (Lipinski definition) is 4. The van der Waals surface area contributed by atoms with Gasteiger partial charge in [0, 0.05) is 50.6 Å². The molecule has 142 valence electrons. The fourth-order valence-electron chi connectivity index (χ4n) is 4.26. The number of carbonyl (C=O) groups excluding carboxylic acids is 2. The quantitative estimate of drug-likeness (QED) is 0.895. The summed E-state index contributed by atoms with van der Waals surface area (Å²) in [4.78, 5) is 31.9. The largest absolute Gasteiger partial charge is 0.355 e. The lowest BCUT2D eigenvalue weighted by Crippen LogP contribution is -2.29. The molecule has 2 saturated carbocycles. The summed E-state index contributed by atoms with van der Waals surface area (Å²) in [6, 6.07) is 1.95. The lowest BCUT2D eigenvalue weighted by Gasteiger charge is -2.16. The molecule has 1 N–H and O–H groups in total. The van der Waals surface area contributed by atoms with Gasteiger partial charge in [0.15, 0.2) is 5.65 Å². The molecule has 0 aromatic carbocycles. The minimum atomic E-state index is -0.0949. The van der Waals surface area contributed by atoms with Gasteiger partial charge in [0.05, 0.1) is 16.6 Å². The van der Waals surface area contributed by atoms with Crippen molar-refractivity contribution in [3.8, 4) is 0 Å². The fourth-order valence-corrected chi connectivity index (χ4v) is 4.26.